The molecule has 0 saturated heterocycles. The van der Waals surface area contributed by atoms with Crippen LogP contribution in [0, 0.1) is 0 Å². The predicted octanol–water partition coefficient (Wildman–Crippen LogP) is 3.74. The molecule has 0 N–H and O–H groups in total. The summed E-state index contributed by atoms with van der Waals surface area (Å²) in [5.41, 5.74) is 0.418. The first-order valence-electron chi connectivity index (χ1n) is 6.67. The van der Waals surface area contributed by atoms with Gasteiger partial charge in [0.25, 0.3) is 0 Å². The summed E-state index contributed by atoms with van der Waals surface area (Å²) in [5, 5.41) is 0. The molecule has 1 aromatic rings. The van der Waals surface area contributed by atoms with Gasteiger partial charge in [0.2, 0.25) is 0 Å². The number of ether oxygens (including phenoxy) is 2. The fraction of sp³-hybridized carbons (Fsp3) is 0.438. The second kappa shape index (κ2) is 8.35. The first-order chi connectivity index (χ1) is 9.13. The second-order valence-electron chi connectivity index (χ2n) is 4.57. The van der Waals surface area contributed by atoms with E-state index in [0.717, 1.165) is 25.0 Å². The highest BCUT2D eigenvalue weighted by atomic mass is 16.6. The number of rotatable bonds is 8. The van der Waals surface area contributed by atoms with Crippen LogP contribution in [-0.2, 0) is 9.53 Å². The van der Waals surface area contributed by atoms with Gasteiger partial charge in [-0.15, -0.1) is 0 Å². The number of hydrogen-bond acceptors (Lipinski definition) is 3. The third kappa shape index (κ3) is 6.09. The fourth-order valence-electron chi connectivity index (χ4n) is 1.57. The minimum absolute atomic E-state index is 0.218. The zero-order valence-electron chi connectivity index (χ0n) is 11.7. The zero-order valence-corrected chi connectivity index (χ0v) is 11.7. The van der Waals surface area contributed by atoms with E-state index in [1.54, 1.807) is 6.92 Å². The van der Waals surface area contributed by atoms with Crippen LogP contribution in [0.3, 0.4) is 0 Å². The molecule has 0 heterocycles. The summed E-state index contributed by atoms with van der Waals surface area (Å²) in [7, 11) is 0. The van der Waals surface area contributed by atoms with Crippen molar-refractivity contribution in [3.63, 3.8) is 0 Å². The summed E-state index contributed by atoms with van der Waals surface area (Å²) in [6, 6.07) is 9.53. The molecule has 0 aliphatic carbocycles. The molecule has 0 bridgehead atoms. The van der Waals surface area contributed by atoms with Crippen LogP contribution < -0.4 is 4.74 Å². The highest BCUT2D eigenvalue weighted by molar-refractivity contribution is 5.87. The van der Waals surface area contributed by atoms with Crippen LogP contribution in [0.15, 0.2) is 42.5 Å². The molecule has 104 valence electrons. The van der Waals surface area contributed by atoms with Gasteiger partial charge in [-0.2, -0.15) is 0 Å². The maximum atomic E-state index is 11.6. The molecule has 1 atom stereocenters. The number of carbonyl (C=O) groups excluding carboxylic acids is 1. The molecule has 1 rings (SSSR count). The third-order valence-electron chi connectivity index (χ3n) is 2.68. The number of esters is 1. The topological polar surface area (TPSA) is 35.5 Å². The lowest BCUT2D eigenvalue weighted by Gasteiger charge is -2.18. The molecule has 0 aliphatic heterocycles. The van der Waals surface area contributed by atoms with E-state index in [-0.39, 0.29) is 12.1 Å². The molecule has 0 radical (unpaired) electrons. The van der Waals surface area contributed by atoms with E-state index >= 15 is 0 Å². The summed E-state index contributed by atoms with van der Waals surface area (Å²) in [6.07, 6.45) is 2.66. The van der Waals surface area contributed by atoms with Crippen LogP contribution in [0.5, 0.6) is 5.75 Å². The maximum absolute atomic E-state index is 11.6. The van der Waals surface area contributed by atoms with Crippen molar-refractivity contribution in [3.05, 3.63) is 42.5 Å². The molecule has 0 saturated carbocycles. The van der Waals surface area contributed by atoms with Crippen molar-refractivity contribution in [2.24, 2.45) is 0 Å². The van der Waals surface area contributed by atoms with Crippen molar-refractivity contribution >= 4 is 5.97 Å². The Hall–Kier alpha value is -1.77. The van der Waals surface area contributed by atoms with Gasteiger partial charge in [-0.25, -0.2) is 4.79 Å². The Labute approximate surface area is 115 Å². The van der Waals surface area contributed by atoms with Gasteiger partial charge in [0.15, 0.2) is 0 Å². The van der Waals surface area contributed by atoms with E-state index in [4.69, 9.17) is 9.47 Å². The average Bonchev–Trinajstić information content (AvgIpc) is 2.42. The minimum Gasteiger partial charge on any atom is -0.490 e. The zero-order chi connectivity index (χ0) is 14.1. The summed E-state index contributed by atoms with van der Waals surface area (Å²) in [6.45, 7) is 7.73. The van der Waals surface area contributed by atoms with Gasteiger partial charge in [-0.3, -0.25) is 0 Å². The molecule has 0 fully saturated rings. The third-order valence-corrected chi connectivity index (χ3v) is 2.68. The van der Waals surface area contributed by atoms with Gasteiger partial charge in [-0.05, 0) is 31.9 Å². The van der Waals surface area contributed by atoms with E-state index in [0.29, 0.717) is 12.2 Å². The second-order valence-corrected chi connectivity index (χ2v) is 4.57. The summed E-state index contributed by atoms with van der Waals surface area (Å²) < 4.78 is 11.0. The number of benzene rings is 1. The average molecular weight is 262 g/mol. The monoisotopic (exact) mass is 262 g/mol. The lowest BCUT2D eigenvalue weighted by Crippen LogP contribution is -2.25. The fourth-order valence-corrected chi connectivity index (χ4v) is 1.57. The molecular formula is C16H22O3. The van der Waals surface area contributed by atoms with Gasteiger partial charge < -0.3 is 9.47 Å². The van der Waals surface area contributed by atoms with Crippen molar-refractivity contribution in [1.82, 2.24) is 0 Å². The van der Waals surface area contributed by atoms with Crippen LogP contribution in [-0.4, -0.2) is 18.7 Å². The number of carbonyl (C=O) groups is 1. The lowest BCUT2D eigenvalue weighted by molar-refractivity contribution is -0.146. The first-order valence-corrected chi connectivity index (χ1v) is 6.67. The van der Waals surface area contributed by atoms with Crippen molar-refractivity contribution < 1.29 is 14.3 Å². The molecule has 19 heavy (non-hydrogen) atoms. The van der Waals surface area contributed by atoms with Crippen molar-refractivity contribution in [2.75, 3.05) is 6.61 Å². The van der Waals surface area contributed by atoms with Gasteiger partial charge in [-0.1, -0.05) is 38.1 Å². The quantitative estimate of drug-likeness (QED) is 0.529. The van der Waals surface area contributed by atoms with Gasteiger partial charge in [0, 0.05) is 5.57 Å². The Bertz CT molecular complexity index is 398. The predicted molar refractivity (Wildman–Crippen MR) is 76.2 cm³/mol. The van der Waals surface area contributed by atoms with Crippen molar-refractivity contribution in [1.29, 1.82) is 0 Å². The lowest BCUT2D eigenvalue weighted by atomic mass is 10.1. The molecule has 3 heteroatoms. The Balaban J connectivity index is 2.49. The summed E-state index contributed by atoms with van der Waals surface area (Å²) in [5.74, 6) is 0.438. The van der Waals surface area contributed by atoms with Gasteiger partial charge >= 0.3 is 5.97 Å². The molecule has 0 aromatic heterocycles. The number of para-hydroxylation sites is 1. The normalized spacial score (nSPS) is 11.7. The molecule has 3 nitrogen and oxygen atoms in total. The summed E-state index contributed by atoms with van der Waals surface area (Å²) >= 11 is 0. The number of hydrogen-bond donors (Lipinski definition) is 0. The molecule has 1 unspecified atom stereocenters. The molecule has 0 aliphatic rings. The molecule has 1 aromatic carbocycles. The Morgan fingerprint density at radius 1 is 1.32 bits per heavy atom. The van der Waals surface area contributed by atoms with E-state index in [2.05, 4.69) is 13.5 Å². The highest BCUT2D eigenvalue weighted by Crippen LogP contribution is 2.13. The molecule has 0 spiro atoms. The van der Waals surface area contributed by atoms with Crippen LogP contribution in [0.4, 0.5) is 0 Å². The van der Waals surface area contributed by atoms with Gasteiger partial charge in [0.05, 0.1) is 0 Å². The first kappa shape index (κ1) is 15.3. The van der Waals surface area contributed by atoms with E-state index in [9.17, 15) is 4.79 Å². The Morgan fingerprint density at radius 3 is 2.58 bits per heavy atom. The van der Waals surface area contributed by atoms with Crippen molar-refractivity contribution in [3.8, 4) is 5.75 Å². The smallest absolute Gasteiger partial charge is 0.333 e. The summed E-state index contributed by atoms with van der Waals surface area (Å²) in [4.78, 5) is 11.6. The van der Waals surface area contributed by atoms with Crippen molar-refractivity contribution in [2.45, 2.75) is 39.2 Å². The van der Waals surface area contributed by atoms with E-state index in [1.807, 2.05) is 30.3 Å². The number of unbranched alkanes of at least 4 members (excludes halogenated alkanes) is 1. The largest absolute Gasteiger partial charge is 0.490 e. The molecule has 0 amide bonds. The van der Waals surface area contributed by atoms with Crippen LogP contribution >= 0.6 is 0 Å². The van der Waals surface area contributed by atoms with E-state index < -0.39 is 0 Å². The minimum atomic E-state index is -0.349. The Kier molecular flexibility index (Phi) is 6.72. The van der Waals surface area contributed by atoms with Gasteiger partial charge in [0.1, 0.15) is 18.5 Å². The SMILES string of the molecule is C=C(C)C(=O)OC(CCCC)COc1ccccc1. The standard InChI is InChI=1S/C16H22O3/c1-4-5-9-15(19-16(17)13(2)3)12-18-14-10-7-6-8-11-14/h6-8,10-11,15H,2,4-5,9,12H2,1,3H3. The van der Waals surface area contributed by atoms with Crippen LogP contribution in [0.25, 0.3) is 0 Å². The maximum Gasteiger partial charge on any atom is 0.333 e. The molecular weight excluding hydrogens is 240 g/mol. The van der Waals surface area contributed by atoms with Crippen LogP contribution in [0.2, 0.25) is 0 Å². The van der Waals surface area contributed by atoms with Crippen LogP contribution in [0.1, 0.15) is 33.1 Å². The Morgan fingerprint density at radius 2 is 2.00 bits per heavy atom. The highest BCUT2D eigenvalue weighted by Gasteiger charge is 2.15. The van der Waals surface area contributed by atoms with E-state index in [1.165, 1.54) is 0 Å².